The van der Waals surface area contributed by atoms with Gasteiger partial charge in [0.1, 0.15) is 6.61 Å². The van der Waals surface area contributed by atoms with Crippen LogP contribution >= 0.6 is 0 Å². The number of aromatic nitrogens is 3. The Labute approximate surface area is 183 Å². The average Bonchev–Trinajstić information content (AvgIpc) is 3.22. The molecule has 2 heterocycles. The molecule has 1 N–H and O–H groups in total. The largest absolute Gasteiger partial charge is 0.493 e. The van der Waals surface area contributed by atoms with Gasteiger partial charge in [0.05, 0.1) is 52.1 Å². The third kappa shape index (κ3) is 4.91. The molecule has 0 aliphatic carbocycles. The lowest BCUT2D eigenvalue weighted by Crippen LogP contribution is -2.04. The molecular weight excluding hydrogens is 443 g/mol. The van der Waals surface area contributed by atoms with Crippen molar-refractivity contribution in [3.05, 3.63) is 77.6 Å². The Hall–Kier alpha value is -3.40. The summed E-state index contributed by atoms with van der Waals surface area (Å²) in [5, 5.41) is 0.0736. The second-order valence-corrected chi connectivity index (χ2v) is 8.23. The maximum atomic E-state index is 12.9. The second kappa shape index (κ2) is 8.99. The summed E-state index contributed by atoms with van der Waals surface area (Å²) in [6.45, 7) is 0.336. The molecule has 0 spiro atoms. The number of alkyl halides is 3. The van der Waals surface area contributed by atoms with Crippen LogP contribution in [0.2, 0.25) is 0 Å². The van der Waals surface area contributed by atoms with Crippen LogP contribution in [-0.4, -0.2) is 26.3 Å². The summed E-state index contributed by atoms with van der Waals surface area (Å²) in [4.78, 5) is 11.1. The first kappa shape index (κ1) is 21.8. The lowest BCUT2D eigenvalue weighted by Gasteiger charge is -2.11. The molecule has 0 aliphatic heterocycles. The van der Waals surface area contributed by atoms with Gasteiger partial charge in [-0.1, -0.05) is 30.3 Å². The number of aromatic amines is 1. The van der Waals surface area contributed by atoms with E-state index in [0.29, 0.717) is 29.3 Å². The van der Waals surface area contributed by atoms with Crippen molar-refractivity contribution in [1.82, 2.24) is 15.0 Å². The fourth-order valence-electron chi connectivity index (χ4n) is 3.02. The quantitative estimate of drug-likeness (QED) is 0.425. The van der Waals surface area contributed by atoms with E-state index in [-0.39, 0.29) is 16.4 Å². The van der Waals surface area contributed by atoms with E-state index in [1.54, 1.807) is 6.07 Å². The Morgan fingerprint density at radius 1 is 1.06 bits per heavy atom. The van der Waals surface area contributed by atoms with Crippen molar-refractivity contribution < 1.29 is 26.9 Å². The maximum Gasteiger partial charge on any atom is 0.416 e. The van der Waals surface area contributed by atoms with Gasteiger partial charge in [0.15, 0.2) is 16.7 Å². The van der Waals surface area contributed by atoms with Gasteiger partial charge in [-0.25, -0.2) is 4.98 Å². The number of imidazole rings is 1. The lowest BCUT2D eigenvalue weighted by atomic mass is 10.2. The number of H-pyrrole nitrogens is 1. The van der Waals surface area contributed by atoms with E-state index in [2.05, 4.69) is 15.0 Å². The molecule has 0 fully saturated rings. The Bertz CT molecular complexity index is 1260. The van der Waals surface area contributed by atoms with E-state index >= 15 is 0 Å². The first-order valence-corrected chi connectivity index (χ1v) is 10.8. The fourth-order valence-corrected chi connectivity index (χ4v) is 4.01. The third-order valence-corrected chi connectivity index (χ3v) is 5.81. The molecule has 2 aromatic carbocycles. The Morgan fingerprint density at radius 2 is 1.84 bits per heavy atom. The first-order chi connectivity index (χ1) is 15.3. The summed E-state index contributed by atoms with van der Waals surface area (Å²) in [5.74, 6) is 0.873. The monoisotopic (exact) mass is 461 g/mol. The predicted octanol–water partition coefficient (Wildman–Crippen LogP) is 4.87. The minimum atomic E-state index is -4.47. The minimum absolute atomic E-state index is 0.00127. The van der Waals surface area contributed by atoms with Crippen molar-refractivity contribution >= 4 is 21.8 Å². The smallest absolute Gasteiger partial charge is 0.416 e. The molecule has 0 bridgehead atoms. The number of pyridine rings is 1. The number of hydrogen-bond donors (Lipinski definition) is 1. The van der Waals surface area contributed by atoms with Gasteiger partial charge in [-0.15, -0.1) is 0 Å². The second-order valence-electron chi connectivity index (χ2n) is 6.86. The molecule has 1 unspecified atom stereocenters. The summed E-state index contributed by atoms with van der Waals surface area (Å²) < 4.78 is 62.6. The molecule has 166 valence electrons. The number of fused-ring (bicyclic) bond motifs is 1. The molecule has 0 amide bonds. The van der Waals surface area contributed by atoms with Gasteiger partial charge in [-0.05, 0) is 23.8 Å². The molecular formula is C22H18F3N3O3S. The molecule has 10 heteroatoms. The van der Waals surface area contributed by atoms with Crippen LogP contribution < -0.4 is 9.47 Å². The zero-order chi connectivity index (χ0) is 22.7. The van der Waals surface area contributed by atoms with E-state index in [4.69, 9.17) is 9.47 Å². The van der Waals surface area contributed by atoms with E-state index in [0.717, 1.165) is 17.7 Å². The summed E-state index contributed by atoms with van der Waals surface area (Å²) in [5.41, 5.74) is 1.11. The Kier molecular flexibility index (Phi) is 6.13. The van der Waals surface area contributed by atoms with Crippen molar-refractivity contribution in [3.8, 4) is 11.5 Å². The van der Waals surface area contributed by atoms with Crippen molar-refractivity contribution in [2.75, 3.05) is 7.11 Å². The highest BCUT2D eigenvalue weighted by Crippen LogP contribution is 2.31. The number of rotatable bonds is 7. The zero-order valence-electron chi connectivity index (χ0n) is 16.8. The lowest BCUT2D eigenvalue weighted by molar-refractivity contribution is -0.137. The van der Waals surface area contributed by atoms with Crippen LogP contribution in [-0.2, 0) is 29.3 Å². The van der Waals surface area contributed by atoms with Crippen LogP contribution in [0, 0.1) is 0 Å². The van der Waals surface area contributed by atoms with Gasteiger partial charge >= 0.3 is 6.18 Å². The van der Waals surface area contributed by atoms with E-state index in [1.807, 2.05) is 30.3 Å². The number of ether oxygens (including phenoxy) is 2. The van der Waals surface area contributed by atoms with Gasteiger partial charge in [-0.3, -0.25) is 9.19 Å². The van der Waals surface area contributed by atoms with Crippen LogP contribution in [0.4, 0.5) is 13.2 Å². The van der Waals surface area contributed by atoms with Crippen LogP contribution in [0.15, 0.2) is 66.0 Å². The van der Waals surface area contributed by atoms with E-state index < -0.39 is 22.5 Å². The van der Waals surface area contributed by atoms with Crippen molar-refractivity contribution in [1.29, 1.82) is 0 Å². The predicted molar refractivity (Wildman–Crippen MR) is 113 cm³/mol. The van der Waals surface area contributed by atoms with Crippen LogP contribution in [0.5, 0.6) is 11.5 Å². The summed E-state index contributed by atoms with van der Waals surface area (Å²) in [6.07, 6.45) is -2.98. The maximum absolute atomic E-state index is 12.9. The third-order valence-electron chi connectivity index (χ3n) is 4.63. The van der Waals surface area contributed by atoms with Gasteiger partial charge in [0, 0.05) is 6.07 Å². The molecule has 0 aliphatic rings. The highest BCUT2D eigenvalue weighted by Gasteiger charge is 2.30. The molecule has 32 heavy (non-hydrogen) atoms. The van der Waals surface area contributed by atoms with E-state index in [1.165, 1.54) is 19.4 Å². The summed E-state index contributed by atoms with van der Waals surface area (Å²) >= 11 is 0. The molecule has 4 aromatic rings. The van der Waals surface area contributed by atoms with Crippen molar-refractivity contribution in [2.24, 2.45) is 0 Å². The molecule has 2 aromatic heterocycles. The van der Waals surface area contributed by atoms with Gasteiger partial charge < -0.3 is 14.5 Å². The van der Waals surface area contributed by atoms with Crippen LogP contribution in [0.3, 0.4) is 0 Å². The number of methoxy groups -OCH3 is 1. The topological polar surface area (TPSA) is 77.1 Å². The zero-order valence-corrected chi connectivity index (χ0v) is 17.7. The highest BCUT2D eigenvalue weighted by molar-refractivity contribution is 7.84. The SMILES string of the molecule is COc1cc(CS(=O)c2nc3ccc(C(F)(F)F)cc3[nH]2)ncc1OCc1ccccc1. The molecule has 0 saturated carbocycles. The number of benzene rings is 2. The molecule has 0 saturated heterocycles. The standard InChI is InChI=1S/C22H18F3N3O3S/c1-30-19-10-16(26-11-20(19)31-12-14-5-3-2-4-6-14)13-32(29)21-27-17-8-7-15(22(23,24)25)9-18(17)28-21/h2-11H,12-13H2,1H3,(H,27,28). The van der Waals surface area contributed by atoms with Crippen molar-refractivity contribution in [3.63, 3.8) is 0 Å². The van der Waals surface area contributed by atoms with Crippen LogP contribution in [0.1, 0.15) is 16.8 Å². The van der Waals surface area contributed by atoms with Crippen LogP contribution in [0.25, 0.3) is 11.0 Å². The summed E-state index contributed by atoms with van der Waals surface area (Å²) in [6, 6.07) is 14.4. The highest BCUT2D eigenvalue weighted by atomic mass is 32.2. The van der Waals surface area contributed by atoms with E-state index in [9.17, 15) is 17.4 Å². The fraction of sp³-hybridized carbons (Fsp3) is 0.182. The average molecular weight is 461 g/mol. The molecule has 0 radical (unpaired) electrons. The van der Waals surface area contributed by atoms with Gasteiger partial charge in [0.25, 0.3) is 0 Å². The molecule has 1 atom stereocenters. The van der Waals surface area contributed by atoms with Gasteiger partial charge in [-0.2, -0.15) is 13.2 Å². The number of halogens is 3. The van der Waals surface area contributed by atoms with Crippen molar-refractivity contribution in [2.45, 2.75) is 23.7 Å². The minimum Gasteiger partial charge on any atom is -0.493 e. The normalized spacial score (nSPS) is 12.6. The molecule has 6 nitrogen and oxygen atoms in total. The first-order valence-electron chi connectivity index (χ1n) is 9.48. The summed E-state index contributed by atoms with van der Waals surface area (Å²) in [7, 11) is -0.163. The number of hydrogen-bond acceptors (Lipinski definition) is 5. The number of nitrogens with zero attached hydrogens (tertiary/aromatic N) is 2. The number of nitrogens with one attached hydrogen (secondary N) is 1. The Balaban J connectivity index is 1.49. The molecule has 4 rings (SSSR count). The van der Waals surface area contributed by atoms with Gasteiger partial charge in [0.2, 0.25) is 0 Å². The Morgan fingerprint density at radius 3 is 2.56 bits per heavy atom.